The van der Waals surface area contributed by atoms with Crippen LogP contribution in [0.1, 0.15) is 0 Å². The van der Waals surface area contributed by atoms with Gasteiger partial charge in [-0.05, 0) is 0 Å². The SMILES string of the molecule is C[N+](C)(CCO)CC(O)COP(=O)(O)OCC(O)CO. The summed E-state index contributed by atoms with van der Waals surface area (Å²) < 4.78 is 20.7. The summed E-state index contributed by atoms with van der Waals surface area (Å²) >= 11 is 0. The van der Waals surface area contributed by atoms with Crippen LogP contribution < -0.4 is 0 Å². The number of aliphatic hydroxyl groups excluding tert-OH is 4. The van der Waals surface area contributed by atoms with E-state index in [1.54, 1.807) is 14.1 Å². The number of hydrogen-bond acceptors (Lipinski definition) is 7. The molecule has 0 rings (SSSR count). The second kappa shape index (κ2) is 9.04. The van der Waals surface area contributed by atoms with E-state index in [1.807, 2.05) is 0 Å². The molecular formula is C10H25NO8P+. The van der Waals surface area contributed by atoms with Crippen molar-refractivity contribution in [3.05, 3.63) is 0 Å². The summed E-state index contributed by atoms with van der Waals surface area (Å²) in [6, 6.07) is 0. The van der Waals surface area contributed by atoms with Crippen LogP contribution in [0.25, 0.3) is 0 Å². The molecule has 0 aromatic heterocycles. The van der Waals surface area contributed by atoms with Gasteiger partial charge in [-0.2, -0.15) is 0 Å². The fourth-order valence-electron chi connectivity index (χ4n) is 1.44. The van der Waals surface area contributed by atoms with Crippen LogP contribution in [-0.2, 0) is 13.6 Å². The molecule has 3 unspecified atom stereocenters. The molecule has 0 heterocycles. The zero-order valence-corrected chi connectivity index (χ0v) is 12.6. The Kier molecular flexibility index (Phi) is 8.99. The number of nitrogens with zero attached hydrogens (tertiary/aromatic N) is 1. The highest BCUT2D eigenvalue weighted by atomic mass is 31.2. The van der Waals surface area contributed by atoms with Crippen molar-refractivity contribution in [2.24, 2.45) is 0 Å². The molecule has 20 heavy (non-hydrogen) atoms. The summed E-state index contributed by atoms with van der Waals surface area (Å²) in [5.74, 6) is 0. The summed E-state index contributed by atoms with van der Waals surface area (Å²) in [6.45, 7) is -0.966. The third-order valence-electron chi connectivity index (χ3n) is 2.48. The van der Waals surface area contributed by atoms with Gasteiger partial charge in [-0.3, -0.25) is 9.05 Å². The predicted molar refractivity (Wildman–Crippen MR) is 69.8 cm³/mol. The first-order valence-electron chi connectivity index (χ1n) is 6.13. The maximum absolute atomic E-state index is 11.4. The molecule has 0 aliphatic heterocycles. The van der Waals surface area contributed by atoms with Gasteiger partial charge in [-0.15, -0.1) is 0 Å². The largest absolute Gasteiger partial charge is 0.472 e. The van der Waals surface area contributed by atoms with E-state index in [-0.39, 0.29) is 13.2 Å². The number of hydrogen-bond donors (Lipinski definition) is 5. The molecule has 0 aliphatic carbocycles. The molecule has 10 heteroatoms. The first kappa shape index (κ1) is 19.9. The first-order valence-corrected chi connectivity index (χ1v) is 7.63. The molecule has 3 atom stereocenters. The number of likely N-dealkylation sites (N-methyl/N-ethyl adjacent to an activating group) is 1. The molecule has 0 aromatic carbocycles. The lowest BCUT2D eigenvalue weighted by atomic mass is 10.3. The standard InChI is InChI=1S/C10H24NO8P/c1-11(2,3-4-12)5-9(14)7-18-20(16,17)19-8-10(15)6-13/h9-10,12-15H,3-8H2,1-2H3/p+1. The summed E-state index contributed by atoms with van der Waals surface area (Å²) in [5.41, 5.74) is 0. The van der Waals surface area contributed by atoms with Gasteiger partial charge < -0.3 is 29.8 Å². The zero-order chi connectivity index (χ0) is 15.8. The lowest BCUT2D eigenvalue weighted by Gasteiger charge is -2.31. The van der Waals surface area contributed by atoms with Gasteiger partial charge in [0, 0.05) is 0 Å². The van der Waals surface area contributed by atoms with Crippen LogP contribution in [0.15, 0.2) is 0 Å². The van der Waals surface area contributed by atoms with Crippen LogP contribution in [0.4, 0.5) is 0 Å². The summed E-state index contributed by atoms with van der Waals surface area (Å²) in [4.78, 5) is 9.27. The Morgan fingerprint density at radius 2 is 1.60 bits per heavy atom. The van der Waals surface area contributed by atoms with Crippen molar-refractivity contribution < 1.29 is 43.4 Å². The van der Waals surface area contributed by atoms with Crippen molar-refractivity contribution in [1.29, 1.82) is 0 Å². The maximum Gasteiger partial charge on any atom is 0.472 e. The van der Waals surface area contributed by atoms with Crippen molar-refractivity contribution in [1.82, 2.24) is 0 Å². The fourth-order valence-corrected chi connectivity index (χ4v) is 2.23. The topological polar surface area (TPSA) is 137 Å². The van der Waals surface area contributed by atoms with Crippen molar-refractivity contribution in [3.63, 3.8) is 0 Å². The quantitative estimate of drug-likeness (QED) is 0.216. The van der Waals surface area contributed by atoms with Gasteiger partial charge in [0.15, 0.2) is 0 Å². The first-order chi connectivity index (χ1) is 9.12. The molecule has 0 bridgehead atoms. The van der Waals surface area contributed by atoms with E-state index in [9.17, 15) is 14.6 Å². The zero-order valence-electron chi connectivity index (χ0n) is 11.8. The van der Waals surface area contributed by atoms with Gasteiger partial charge in [0.2, 0.25) is 0 Å². The Hall–Kier alpha value is -0.0900. The highest BCUT2D eigenvalue weighted by Crippen LogP contribution is 2.43. The van der Waals surface area contributed by atoms with Gasteiger partial charge in [-0.1, -0.05) is 0 Å². The van der Waals surface area contributed by atoms with E-state index in [1.165, 1.54) is 0 Å². The van der Waals surface area contributed by atoms with E-state index in [0.29, 0.717) is 11.0 Å². The Balaban J connectivity index is 4.09. The van der Waals surface area contributed by atoms with Gasteiger partial charge >= 0.3 is 7.82 Å². The minimum atomic E-state index is -4.38. The van der Waals surface area contributed by atoms with Crippen LogP contribution in [0.2, 0.25) is 0 Å². The molecule has 9 nitrogen and oxygen atoms in total. The highest BCUT2D eigenvalue weighted by molar-refractivity contribution is 7.47. The summed E-state index contributed by atoms with van der Waals surface area (Å²) in [6.07, 6.45) is -2.28. The van der Waals surface area contributed by atoms with Crippen LogP contribution >= 0.6 is 7.82 Å². The summed E-state index contributed by atoms with van der Waals surface area (Å²) in [5, 5.41) is 36.0. The third-order valence-corrected chi connectivity index (χ3v) is 3.43. The van der Waals surface area contributed by atoms with Gasteiger partial charge in [0.25, 0.3) is 0 Å². The van der Waals surface area contributed by atoms with E-state index < -0.39 is 39.9 Å². The monoisotopic (exact) mass is 318 g/mol. The molecule has 0 spiro atoms. The van der Waals surface area contributed by atoms with Crippen LogP contribution in [0.5, 0.6) is 0 Å². The minimum absolute atomic E-state index is 0.0404. The maximum atomic E-state index is 11.4. The number of phosphoric ester groups is 1. The third kappa shape index (κ3) is 9.76. The summed E-state index contributed by atoms with van der Waals surface area (Å²) in [7, 11) is -0.814. The molecule has 0 aromatic rings. The van der Waals surface area contributed by atoms with Crippen molar-refractivity contribution >= 4 is 7.82 Å². The van der Waals surface area contributed by atoms with Crippen LogP contribution in [-0.4, -0.2) is 95.6 Å². The molecule has 0 saturated heterocycles. The second-order valence-corrected chi connectivity index (χ2v) is 6.57. The van der Waals surface area contributed by atoms with Gasteiger partial charge in [-0.25, -0.2) is 4.57 Å². The Morgan fingerprint density at radius 3 is 2.05 bits per heavy atom. The molecule has 122 valence electrons. The van der Waals surface area contributed by atoms with Crippen molar-refractivity contribution in [3.8, 4) is 0 Å². The Morgan fingerprint density at radius 1 is 1.10 bits per heavy atom. The molecular weight excluding hydrogens is 293 g/mol. The lowest BCUT2D eigenvalue weighted by Crippen LogP contribution is -2.48. The van der Waals surface area contributed by atoms with Crippen LogP contribution in [0, 0.1) is 0 Å². The molecule has 0 amide bonds. The van der Waals surface area contributed by atoms with E-state index in [0.717, 1.165) is 0 Å². The van der Waals surface area contributed by atoms with Crippen molar-refractivity contribution in [2.45, 2.75) is 12.2 Å². The normalized spacial score (nSPS) is 18.6. The molecule has 0 fully saturated rings. The van der Waals surface area contributed by atoms with E-state index in [4.69, 9.17) is 15.3 Å². The number of aliphatic hydroxyl groups is 4. The number of rotatable bonds is 11. The number of quaternary nitrogens is 1. The Bertz CT molecular complexity index is 314. The van der Waals surface area contributed by atoms with E-state index in [2.05, 4.69) is 9.05 Å². The lowest BCUT2D eigenvalue weighted by molar-refractivity contribution is -0.893. The smallest absolute Gasteiger partial charge is 0.394 e. The fraction of sp³-hybridized carbons (Fsp3) is 1.00. The van der Waals surface area contributed by atoms with Gasteiger partial charge in [0.05, 0.1) is 40.5 Å². The minimum Gasteiger partial charge on any atom is -0.394 e. The average Bonchev–Trinajstić information content (AvgIpc) is 2.33. The molecule has 0 saturated carbocycles. The highest BCUT2D eigenvalue weighted by Gasteiger charge is 2.26. The average molecular weight is 318 g/mol. The predicted octanol–water partition coefficient (Wildman–Crippen LogP) is -2.10. The van der Waals surface area contributed by atoms with Crippen LogP contribution in [0.3, 0.4) is 0 Å². The Labute approximate surface area is 118 Å². The molecule has 0 radical (unpaired) electrons. The molecule has 0 aliphatic rings. The van der Waals surface area contributed by atoms with Crippen molar-refractivity contribution in [2.75, 3.05) is 53.6 Å². The molecule has 5 N–H and O–H groups in total. The number of phosphoric acid groups is 1. The van der Waals surface area contributed by atoms with E-state index >= 15 is 0 Å². The second-order valence-electron chi connectivity index (χ2n) is 5.12. The van der Waals surface area contributed by atoms with Gasteiger partial charge in [0.1, 0.15) is 25.3 Å².